The Labute approximate surface area is 187 Å². The number of nitrogens with one attached hydrogen (secondary N) is 1. The van der Waals surface area contributed by atoms with Crippen molar-refractivity contribution in [1.29, 1.82) is 0 Å². The van der Waals surface area contributed by atoms with Gasteiger partial charge in [-0.2, -0.15) is 0 Å². The number of amides is 1. The summed E-state index contributed by atoms with van der Waals surface area (Å²) in [6.45, 7) is 3.18. The molecule has 0 saturated carbocycles. The zero-order chi connectivity index (χ0) is 21.8. The Morgan fingerprint density at radius 2 is 1.84 bits per heavy atom. The summed E-state index contributed by atoms with van der Waals surface area (Å²) in [5.74, 6) is 0.678. The predicted molar refractivity (Wildman–Crippen MR) is 124 cm³/mol. The van der Waals surface area contributed by atoms with E-state index < -0.39 is 0 Å². The van der Waals surface area contributed by atoms with Crippen LogP contribution in [0.2, 0.25) is 0 Å². The van der Waals surface area contributed by atoms with E-state index in [0.29, 0.717) is 17.9 Å². The Morgan fingerprint density at radius 3 is 2.66 bits per heavy atom. The number of aromatic nitrogens is 2. The van der Waals surface area contributed by atoms with Crippen molar-refractivity contribution in [2.75, 3.05) is 13.1 Å². The number of ether oxygens (including phenoxy) is 1. The Kier molecular flexibility index (Phi) is 5.85. The molecule has 1 atom stereocenters. The molecule has 4 aromatic rings. The summed E-state index contributed by atoms with van der Waals surface area (Å²) in [4.78, 5) is 19.6. The molecular weight excluding hydrogens is 400 g/mol. The lowest BCUT2D eigenvalue weighted by molar-refractivity contribution is 0.0937. The first kappa shape index (κ1) is 20.3. The first-order chi connectivity index (χ1) is 15.7. The van der Waals surface area contributed by atoms with Crippen molar-refractivity contribution in [2.45, 2.75) is 25.6 Å². The number of carbonyl (C=O) groups is 1. The molecule has 162 valence electrons. The predicted octanol–water partition coefficient (Wildman–Crippen LogP) is 3.92. The lowest BCUT2D eigenvalue weighted by Crippen LogP contribution is -2.36. The van der Waals surface area contributed by atoms with Gasteiger partial charge in [-0.25, -0.2) is 4.98 Å². The molecule has 32 heavy (non-hydrogen) atoms. The average Bonchev–Trinajstić information content (AvgIpc) is 3.45. The van der Waals surface area contributed by atoms with Crippen LogP contribution in [0.5, 0.6) is 5.75 Å². The highest BCUT2D eigenvalue weighted by Gasteiger charge is 2.24. The van der Waals surface area contributed by atoms with E-state index in [1.807, 2.05) is 65.3 Å². The summed E-state index contributed by atoms with van der Waals surface area (Å²) in [7, 11) is 0. The number of likely N-dealkylation sites (tertiary alicyclic amines) is 1. The van der Waals surface area contributed by atoms with Crippen molar-refractivity contribution in [1.82, 2.24) is 19.6 Å². The van der Waals surface area contributed by atoms with Gasteiger partial charge in [-0.05, 0) is 48.4 Å². The molecule has 6 nitrogen and oxygen atoms in total. The smallest absolute Gasteiger partial charge is 0.251 e. The van der Waals surface area contributed by atoms with Crippen LogP contribution in [-0.2, 0) is 13.2 Å². The largest absolute Gasteiger partial charge is 0.487 e. The second-order valence-corrected chi connectivity index (χ2v) is 8.19. The minimum absolute atomic E-state index is 0.0385. The lowest BCUT2D eigenvalue weighted by atomic mass is 10.2. The molecule has 1 saturated heterocycles. The Morgan fingerprint density at radius 1 is 1.03 bits per heavy atom. The van der Waals surface area contributed by atoms with Crippen molar-refractivity contribution in [2.24, 2.45) is 0 Å². The van der Waals surface area contributed by atoms with E-state index in [0.717, 1.165) is 37.4 Å². The fraction of sp³-hybridized carbons (Fsp3) is 0.231. The molecule has 2 aromatic heterocycles. The van der Waals surface area contributed by atoms with Crippen molar-refractivity contribution in [3.8, 4) is 5.75 Å². The third-order valence-electron chi connectivity index (χ3n) is 5.77. The molecule has 1 aliphatic rings. The summed E-state index contributed by atoms with van der Waals surface area (Å²) < 4.78 is 7.81. The minimum atomic E-state index is -0.0385. The highest BCUT2D eigenvalue weighted by atomic mass is 16.5. The van der Waals surface area contributed by atoms with Crippen LogP contribution in [0.3, 0.4) is 0 Å². The second kappa shape index (κ2) is 9.24. The quantitative estimate of drug-likeness (QED) is 0.487. The molecule has 0 radical (unpaired) electrons. The molecule has 0 aliphatic carbocycles. The lowest BCUT2D eigenvalue weighted by Gasteiger charge is -2.17. The number of benzene rings is 2. The first-order valence-electron chi connectivity index (χ1n) is 11.0. The number of imidazole rings is 1. The SMILES string of the molecule is O=C(N[C@@H]1CCN(Cc2ccccc2)C1)c1ccc(OCc2cn3ccccc3n2)cc1. The molecule has 1 N–H and O–H groups in total. The summed E-state index contributed by atoms with van der Waals surface area (Å²) in [5, 5.41) is 3.17. The molecule has 6 heteroatoms. The van der Waals surface area contributed by atoms with Gasteiger partial charge in [0.05, 0.1) is 5.69 Å². The molecule has 1 aliphatic heterocycles. The fourth-order valence-corrected chi connectivity index (χ4v) is 4.12. The van der Waals surface area contributed by atoms with Gasteiger partial charge < -0.3 is 14.5 Å². The van der Waals surface area contributed by atoms with Crippen LogP contribution in [0, 0.1) is 0 Å². The van der Waals surface area contributed by atoms with Gasteiger partial charge in [0.1, 0.15) is 18.0 Å². The first-order valence-corrected chi connectivity index (χ1v) is 11.0. The van der Waals surface area contributed by atoms with Crippen LogP contribution in [0.4, 0.5) is 0 Å². The highest BCUT2D eigenvalue weighted by molar-refractivity contribution is 5.94. The number of hydrogen-bond donors (Lipinski definition) is 1. The van der Waals surface area contributed by atoms with Crippen molar-refractivity contribution >= 4 is 11.6 Å². The molecule has 2 aromatic carbocycles. The van der Waals surface area contributed by atoms with Crippen LogP contribution >= 0.6 is 0 Å². The average molecular weight is 427 g/mol. The maximum Gasteiger partial charge on any atom is 0.251 e. The fourth-order valence-electron chi connectivity index (χ4n) is 4.12. The van der Waals surface area contributed by atoms with Crippen LogP contribution in [0.1, 0.15) is 28.0 Å². The third kappa shape index (κ3) is 4.81. The minimum Gasteiger partial charge on any atom is -0.487 e. The van der Waals surface area contributed by atoms with Gasteiger partial charge in [0.25, 0.3) is 5.91 Å². The van der Waals surface area contributed by atoms with Gasteiger partial charge in [0.2, 0.25) is 0 Å². The van der Waals surface area contributed by atoms with E-state index in [1.165, 1.54) is 5.56 Å². The number of carbonyl (C=O) groups excluding carboxylic acids is 1. The van der Waals surface area contributed by atoms with E-state index in [-0.39, 0.29) is 11.9 Å². The van der Waals surface area contributed by atoms with Gasteiger partial charge in [-0.15, -0.1) is 0 Å². The van der Waals surface area contributed by atoms with Crippen molar-refractivity contribution in [3.05, 3.63) is 102 Å². The molecule has 1 fully saturated rings. The summed E-state index contributed by atoms with van der Waals surface area (Å²) in [6.07, 6.45) is 4.89. The number of rotatable bonds is 7. The molecule has 1 amide bonds. The Hall–Kier alpha value is -3.64. The standard InChI is InChI=1S/C26H26N4O2/c31-26(28-22-13-15-29(17-22)16-20-6-2-1-3-7-20)21-9-11-24(12-10-21)32-19-23-18-30-14-5-4-8-25(30)27-23/h1-12,14,18,22H,13,15-17,19H2,(H,28,31)/t22-/m1/s1. The molecule has 0 unspecified atom stereocenters. The zero-order valence-electron chi connectivity index (χ0n) is 17.9. The molecule has 5 rings (SSSR count). The number of fused-ring (bicyclic) bond motifs is 1. The van der Waals surface area contributed by atoms with E-state index in [4.69, 9.17) is 4.74 Å². The molecule has 0 bridgehead atoms. The van der Waals surface area contributed by atoms with Crippen molar-refractivity contribution < 1.29 is 9.53 Å². The zero-order valence-corrected chi connectivity index (χ0v) is 17.9. The van der Waals surface area contributed by atoms with Crippen LogP contribution < -0.4 is 10.1 Å². The summed E-state index contributed by atoms with van der Waals surface area (Å²) in [6, 6.07) is 23.8. The van der Waals surface area contributed by atoms with Crippen LogP contribution in [0.25, 0.3) is 5.65 Å². The van der Waals surface area contributed by atoms with E-state index in [2.05, 4.69) is 39.5 Å². The van der Waals surface area contributed by atoms with Crippen LogP contribution in [-0.4, -0.2) is 39.3 Å². The summed E-state index contributed by atoms with van der Waals surface area (Å²) in [5.41, 5.74) is 3.71. The molecule has 0 spiro atoms. The van der Waals surface area contributed by atoms with Gasteiger partial charge in [0.15, 0.2) is 0 Å². The maximum absolute atomic E-state index is 12.7. The maximum atomic E-state index is 12.7. The highest BCUT2D eigenvalue weighted by Crippen LogP contribution is 2.17. The number of nitrogens with zero attached hydrogens (tertiary/aromatic N) is 3. The number of hydrogen-bond acceptors (Lipinski definition) is 4. The molecular formula is C26H26N4O2. The van der Waals surface area contributed by atoms with E-state index >= 15 is 0 Å². The van der Waals surface area contributed by atoms with E-state index in [9.17, 15) is 4.79 Å². The molecule has 3 heterocycles. The monoisotopic (exact) mass is 426 g/mol. The topological polar surface area (TPSA) is 58.9 Å². The summed E-state index contributed by atoms with van der Waals surface area (Å²) >= 11 is 0. The Bertz CT molecular complexity index is 1150. The van der Waals surface area contributed by atoms with Crippen molar-refractivity contribution in [3.63, 3.8) is 0 Å². The van der Waals surface area contributed by atoms with Gasteiger partial charge in [-0.3, -0.25) is 9.69 Å². The Balaban J connectivity index is 1.11. The van der Waals surface area contributed by atoms with Gasteiger partial charge in [0, 0.05) is 43.6 Å². The van der Waals surface area contributed by atoms with Gasteiger partial charge in [-0.1, -0.05) is 36.4 Å². The van der Waals surface area contributed by atoms with Gasteiger partial charge >= 0.3 is 0 Å². The second-order valence-electron chi connectivity index (χ2n) is 8.19. The normalized spacial score (nSPS) is 16.3. The third-order valence-corrected chi connectivity index (χ3v) is 5.77. The number of pyridine rings is 1. The van der Waals surface area contributed by atoms with E-state index in [1.54, 1.807) is 0 Å². The van der Waals surface area contributed by atoms with Crippen LogP contribution in [0.15, 0.2) is 85.2 Å².